The van der Waals surface area contributed by atoms with E-state index in [4.69, 9.17) is 5.11 Å². The lowest BCUT2D eigenvalue weighted by atomic mass is 10.1. The van der Waals surface area contributed by atoms with Crippen molar-refractivity contribution in [1.82, 2.24) is 4.90 Å². The van der Waals surface area contributed by atoms with E-state index in [1.54, 1.807) is 12.1 Å². The van der Waals surface area contributed by atoms with Gasteiger partial charge in [0.05, 0.1) is 6.42 Å². The molecule has 0 bridgehead atoms. The van der Waals surface area contributed by atoms with Crippen molar-refractivity contribution in [2.45, 2.75) is 32.9 Å². The van der Waals surface area contributed by atoms with Crippen LogP contribution in [0.15, 0.2) is 24.3 Å². The largest absolute Gasteiger partial charge is 0.508 e. The first-order chi connectivity index (χ1) is 8.04. The maximum absolute atomic E-state index is 10.7. The van der Waals surface area contributed by atoms with Gasteiger partial charge in [0.1, 0.15) is 5.75 Å². The van der Waals surface area contributed by atoms with Gasteiger partial charge in [-0.2, -0.15) is 0 Å². The van der Waals surface area contributed by atoms with Gasteiger partial charge in [-0.3, -0.25) is 9.69 Å². The molecule has 4 heteroatoms. The fraction of sp³-hybridized carbons (Fsp3) is 0.462. The quantitative estimate of drug-likeness (QED) is 0.795. The van der Waals surface area contributed by atoms with Gasteiger partial charge >= 0.3 is 5.97 Å². The summed E-state index contributed by atoms with van der Waals surface area (Å²) in [6.07, 6.45) is 0.113. The predicted octanol–water partition coefficient (Wildman–Crippen LogP) is 2.08. The van der Waals surface area contributed by atoms with Gasteiger partial charge in [-0.15, -0.1) is 0 Å². The van der Waals surface area contributed by atoms with E-state index in [1.807, 2.05) is 30.9 Å². The second kappa shape index (κ2) is 6.25. The number of benzene rings is 1. The molecule has 94 valence electrons. The van der Waals surface area contributed by atoms with Crippen LogP contribution in [0.4, 0.5) is 0 Å². The zero-order chi connectivity index (χ0) is 12.8. The molecule has 0 heterocycles. The number of phenolic OH excluding ortho intramolecular Hbond substituents is 1. The lowest BCUT2D eigenvalue weighted by Crippen LogP contribution is -2.34. The van der Waals surface area contributed by atoms with Crippen molar-refractivity contribution in [3.05, 3.63) is 29.8 Å². The third kappa shape index (κ3) is 4.07. The molecule has 2 N–H and O–H groups in total. The molecule has 1 aromatic rings. The number of carbonyl (C=O) groups is 1. The Hall–Kier alpha value is -1.55. The van der Waals surface area contributed by atoms with E-state index < -0.39 is 5.97 Å². The fourth-order valence-corrected chi connectivity index (χ4v) is 1.82. The standard InChI is InChI=1S/C13H19NO3/c1-3-14(10(2)8-13(16)17)9-11-6-4-5-7-12(11)15/h4-7,10,15H,3,8-9H2,1-2H3,(H,16,17). The molecule has 0 amide bonds. The Bertz CT molecular complexity index is 379. The number of carboxylic acid groups (broad SMARTS) is 1. The second-order valence-electron chi connectivity index (χ2n) is 4.14. The van der Waals surface area contributed by atoms with Gasteiger partial charge in [-0.25, -0.2) is 0 Å². The van der Waals surface area contributed by atoms with Gasteiger partial charge in [0.15, 0.2) is 0 Å². The summed E-state index contributed by atoms with van der Waals surface area (Å²) in [5.41, 5.74) is 0.826. The number of hydrogen-bond donors (Lipinski definition) is 2. The molecule has 0 radical (unpaired) electrons. The van der Waals surface area contributed by atoms with Gasteiger partial charge in [0.2, 0.25) is 0 Å². The van der Waals surface area contributed by atoms with E-state index in [0.717, 1.165) is 12.1 Å². The molecule has 1 aromatic carbocycles. The van der Waals surface area contributed by atoms with Gasteiger partial charge < -0.3 is 10.2 Å². The van der Waals surface area contributed by atoms with Crippen molar-refractivity contribution in [1.29, 1.82) is 0 Å². The maximum Gasteiger partial charge on any atom is 0.304 e. The van der Waals surface area contributed by atoms with Crippen LogP contribution in [0.25, 0.3) is 0 Å². The van der Waals surface area contributed by atoms with Crippen LogP contribution in [0.1, 0.15) is 25.8 Å². The fourth-order valence-electron chi connectivity index (χ4n) is 1.82. The Morgan fingerprint density at radius 2 is 2.06 bits per heavy atom. The van der Waals surface area contributed by atoms with E-state index in [-0.39, 0.29) is 18.2 Å². The second-order valence-corrected chi connectivity index (χ2v) is 4.14. The first-order valence-electron chi connectivity index (χ1n) is 5.77. The van der Waals surface area contributed by atoms with E-state index >= 15 is 0 Å². The Kier molecular flexibility index (Phi) is 4.97. The van der Waals surface area contributed by atoms with Crippen molar-refractivity contribution in [2.24, 2.45) is 0 Å². The highest BCUT2D eigenvalue weighted by Gasteiger charge is 2.16. The van der Waals surface area contributed by atoms with Crippen LogP contribution in [0.3, 0.4) is 0 Å². The number of aliphatic carboxylic acids is 1. The van der Waals surface area contributed by atoms with Crippen molar-refractivity contribution in [2.75, 3.05) is 6.54 Å². The summed E-state index contributed by atoms with van der Waals surface area (Å²) in [7, 11) is 0. The number of para-hydroxylation sites is 1. The summed E-state index contributed by atoms with van der Waals surface area (Å²) in [4.78, 5) is 12.7. The summed E-state index contributed by atoms with van der Waals surface area (Å²) in [5, 5.41) is 18.4. The number of rotatable bonds is 6. The minimum Gasteiger partial charge on any atom is -0.508 e. The van der Waals surface area contributed by atoms with Gasteiger partial charge in [0.25, 0.3) is 0 Å². The van der Waals surface area contributed by atoms with Gasteiger partial charge in [-0.05, 0) is 19.5 Å². The van der Waals surface area contributed by atoms with Crippen LogP contribution in [-0.2, 0) is 11.3 Å². The molecule has 4 nitrogen and oxygen atoms in total. The van der Waals surface area contributed by atoms with Crippen molar-refractivity contribution in [3.63, 3.8) is 0 Å². The molecular formula is C13H19NO3. The summed E-state index contributed by atoms with van der Waals surface area (Å²) in [5.74, 6) is -0.540. The average molecular weight is 237 g/mol. The minimum atomic E-state index is -0.798. The average Bonchev–Trinajstić information content (AvgIpc) is 2.27. The highest BCUT2D eigenvalue weighted by molar-refractivity contribution is 5.67. The molecule has 1 atom stereocenters. The molecule has 0 saturated heterocycles. The van der Waals surface area contributed by atoms with E-state index in [0.29, 0.717) is 6.54 Å². The van der Waals surface area contributed by atoms with E-state index in [1.165, 1.54) is 0 Å². The third-order valence-electron chi connectivity index (χ3n) is 2.86. The molecule has 0 aliphatic heterocycles. The summed E-state index contributed by atoms with van der Waals surface area (Å²) < 4.78 is 0. The molecule has 0 fully saturated rings. The molecule has 17 heavy (non-hydrogen) atoms. The van der Waals surface area contributed by atoms with Crippen LogP contribution in [0.5, 0.6) is 5.75 Å². The Morgan fingerprint density at radius 3 is 2.59 bits per heavy atom. The van der Waals surface area contributed by atoms with Crippen LogP contribution < -0.4 is 0 Å². The molecule has 1 unspecified atom stereocenters. The lowest BCUT2D eigenvalue weighted by molar-refractivity contribution is -0.138. The zero-order valence-electron chi connectivity index (χ0n) is 10.3. The van der Waals surface area contributed by atoms with E-state index in [9.17, 15) is 9.90 Å². The molecule has 0 saturated carbocycles. The number of nitrogens with zero attached hydrogens (tertiary/aromatic N) is 1. The zero-order valence-corrected chi connectivity index (χ0v) is 10.3. The molecule has 0 aliphatic rings. The number of phenols is 1. The SMILES string of the molecule is CCN(Cc1ccccc1O)C(C)CC(=O)O. The first kappa shape index (κ1) is 13.5. The highest BCUT2D eigenvalue weighted by atomic mass is 16.4. The summed E-state index contributed by atoms with van der Waals surface area (Å²) >= 11 is 0. The monoisotopic (exact) mass is 237 g/mol. The lowest BCUT2D eigenvalue weighted by Gasteiger charge is -2.26. The van der Waals surface area contributed by atoms with Crippen LogP contribution in [-0.4, -0.2) is 33.7 Å². The third-order valence-corrected chi connectivity index (χ3v) is 2.86. The first-order valence-corrected chi connectivity index (χ1v) is 5.77. The van der Waals surface area contributed by atoms with Crippen LogP contribution in [0, 0.1) is 0 Å². The van der Waals surface area contributed by atoms with Gasteiger partial charge in [-0.1, -0.05) is 25.1 Å². The number of hydrogen-bond acceptors (Lipinski definition) is 3. The molecule has 1 rings (SSSR count). The number of aromatic hydroxyl groups is 1. The van der Waals surface area contributed by atoms with Crippen molar-refractivity contribution >= 4 is 5.97 Å². The predicted molar refractivity (Wildman–Crippen MR) is 65.9 cm³/mol. The van der Waals surface area contributed by atoms with Gasteiger partial charge in [0, 0.05) is 18.2 Å². The normalized spacial score (nSPS) is 12.6. The van der Waals surface area contributed by atoms with Crippen molar-refractivity contribution < 1.29 is 15.0 Å². The molecule has 0 spiro atoms. The topological polar surface area (TPSA) is 60.8 Å². The van der Waals surface area contributed by atoms with Crippen LogP contribution in [0.2, 0.25) is 0 Å². The Labute approximate surface area is 101 Å². The molecule has 0 aliphatic carbocycles. The van der Waals surface area contributed by atoms with Crippen LogP contribution >= 0.6 is 0 Å². The summed E-state index contributed by atoms with van der Waals surface area (Å²) in [6, 6.07) is 7.09. The highest BCUT2D eigenvalue weighted by Crippen LogP contribution is 2.19. The minimum absolute atomic E-state index is 0.0443. The Morgan fingerprint density at radius 1 is 1.41 bits per heavy atom. The Balaban J connectivity index is 2.70. The molecule has 0 aromatic heterocycles. The molecular weight excluding hydrogens is 218 g/mol. The number of carboxylic acids is 1. The summed E-state index contributed by atoms with van der Waals surface area (Å²) in [6.45, 7) is 5.19. The maximum atomic E-state index is 10.7. The van der Waals surface area contributed by atoms with E-state index in [2.05, 4.69) is 0 Å². The van der Waals surface area contributed by atoms with Crippen molar-refractivity contribution in [3.8, 4) is 5.75 Å². The smallest absolute Gasteiger partial charge is 0.304 e.